The minimum Gasteiger partial charge on any atom is -0.454 e. The Morgan fingerprint density at radius 1 is 1.05 bits per heavy atom. The van der Waals surface area contributed by atoms with Gasteiger partial charge in [-0.05, 0) is 17.7 Å². The maximum atomic E-state index is 10.1. The quantitative estimate of drug-likeness (QED) is 0.883. The summed E-state index contributed by atoms with van der Waals surface area (Å²) in [6.45, 7) is 0.717. The molecular formula is C15H15NO3. The van der Waals surface area contributed by atoms with Gasteiger partial charge in [-0.25, -0.2) is 0 Å². The molecule has 1 atom stereocenters. The van der Waals surface area contributed by atoms with Crippen molar-refractivity contribution < 1.29 is 14.6 Å². The predicted octanol–water partition coefficient (Wildman–Crippen LogP) is 2.56. The highest BCUT2D eigenvalue weighted by molar-refractivity contribution is 5.55. The van der Waals surface area contributed by atoms with Gasteiger partial charge in [0.1, 0.15) is 0 Å². The Kier molecular flexibility index (Phi) is 3.25. The van der Waals surface area contributed by atoms with Gasteiger partial charge in [0.25, 0.3) is 0 Å². The third kappa shape index (κ3) is 2.63. The van der Waals surface area contributed by atoms with Crippen LogP contribution in [-0.2, 0) is 0 Å². The molecule has 2 aromatic carbocycles. The molecule has 0 radical (unpaired) electrons. The Labute approximate surface area is 111 Å². The van der Waals surface area contributed by atoms with E-state index in [1.807, 2.05) is 48.5 Å². The van der Waals surface area contributed by atoms with Crippen LogP contribution in [0.4, 0.5) is 5.69 Å². The summed E-state index contributed by atoms with van der Waals surface area (Å²) in [4.78, 5) is 0. The molecule has 4 nitrogen and oxygen atoms in total. The van der Waals surface area contributed by atoms with Gasteiger partial charge in [-0.2, -0.15) is 0 Å². The lowest BCUT2D eigenvalue weighted by atomic mass is 10.1. The first-order valence-electron chi connectivity index (χ1n) is 6.19. The van der Waals surface area contributed by atoms with Crippen LogP contribution in [0.1, 0.15) is 11.7 Å². The topological polar surface area (TPSA) is 50.7 Å². The maximum Gasteiger partial charge on any atom is 0.231 e. The molecule has 1 heterocycles. The first kappa shape index (κ1) is 11.9. The predicted molar refractivity (Wildman–Crippen MR) is 72.5 cm³/mol. The molecule has 0 spiro atoms. The van der Waals surface area contributed by atoms with Crippen LogP contribution in [0.3, 0.4) is 0 Å². The Morgan fingerprint density at radius 3 is 2.68 bits per heavy atom. The molecule has 0 bridgehead atoms. The molecule has 1 unspecified atom stereocenters. The highest BCUT2D eigenvalue weighted by Gasteiger charge is 2.13. The lowest BCUT2D eigenvalue weighted by Gasteiger charge is -2.13. The average Bonchev–Trinajstić information content (AvgIpc) is 2.93. The van der Waals surface area contributed by atoms with E-state index >= 15 is 0 Å². The van der Waals surface area contributed by atoms with Gasteiger partial charge in [0, 0.05) is 18.3 Å². The van der Waals surface area contributed by atoms with E-state index in [9.17, 15) is 5.11 Å². The summed E-state index contributed by atoms with van der Waals surface area (Å²) in [5.41, 5.74) is 1.80. The number of anilines is 1. The molecule has 1 aliphatic rings. The average molecular weight is 257 g/mol. The number of hydrogen-bond donors (Lipinski definition) is 2. The molecule has 3 rings (SSSR count). The van der Waals surface area contributed by atoms with Crippen molar-refractivity contribution in [2.75, 3.05) is 18.7 Å². The van der Waals surface area contributed by atoms with E-state index in [0.717, 1.165) is 22.7 Å². The van der Waals surface area contributed by atoms with Gasteiger partial charge in [-0.1, -0.05) is 30.3 Å². The summed E-state index contributed by atoms with van der Waals surface area (Å²) >= 11 is 0. The highest BCUT2D eigenvalue weighted by atomic mass is 16.7. The van der Waals surface area contributed by atoms with Crippen LogP contribution < -0.4 is 14.8 Å². The summed E-state index contributed by atoms with van der Waals surface area (Å²) in [5.74, 6) is 1.49. The molecule has 4 heteroatoms. The second-order valence-corrected chi connectivity index (χ2v) is 4.38. The third-order valence-electron chi connectivity index (χ3n) is 3.06. The second-order valence-electron chi connectivity index (χ2n) is 4.38. The van der Waals surface area contributed by atoms with Crippen molar-refractivity contribution in [3.05, 3.63) is 54.1 Å². The molecule has 0 saturated heterocycles. The zero-order chi connectivity index (χ0) is 13.1. The lowest BCUT2D eigenvalue weighted by Crippen LogP contribution is -2.11. The van der Waals surface area contributed by atoms with E-state index in [1.165, 1.54) is 0 Å². The van der Waals surface area contributed by atoms with Crippen molar-refractivity contribution in [3.63, 3.8) is 0 Å². The van der Waals surface area contributed by atoms with Gasteiger partial charge < -0.3 is 19.9 Å². The Balaban J connectivity index is 1.63. The first-order chi connectivity index (χ1) is 9.33. The van der Waals surface area contributed by atoms with Crippen molar-refractivity contribution in [1.82, 2.24) is 0 Å². The number of nitrogens with one attached hydrogen (secondary N) is 1. The van der Waals surface area contributed by atoms with Crippen molar-refractivity contribution in [2.24, 2.45) is 0 Å². The summed E-state index contributed by atoms with van der Waals surface area (Å²) in [6, 6.07) is 15.2. The van der Waals surface area contributed by atoms with Gasteiger partial charge in [0.05, 0.1) is 6.10 Å². The Hall–Kier alpha value is -2.20. The minimum atomic E-state index is -0.536. The van der Waals surface area contributed by atoms with Gasteiger partial charge in [0.2, 0.25) is 6.79 Å². The number of hydrogen-bond acceptors (Lipinski definition) is 4. The lowest BCUT2D eigenvalue weighted by molar-refractivity contribution is 0.174. The van der Waals surface area contributed by atoms with Crippen LogP contribution in [0.15, 0.2) is 48.5 Å². The van der Waals surface area contributed by atoms with Crippen LogP contribution in [0.25, 0.3) is 0 Å². The van der Waals surface area contributed by atoms with Crippen LogP contribution in [0.5, 0.6) is 11.5 Å². The minimum absolute atomic E-state index is 0.269. The van der Waals surface area contributed by atoms with E-state index in [2.05, 4.69) is 5.32 Å². The standard InChI is InChI=1S/C15H15NO3/c17-13(11-4-2-1-3-5-11)9-16-12-6-7-14-15(8-12)19-10-18-14/h1-8,13,16-17H,9-10H2. The van der Waals surface area contributed by atoms with Crippen molar-refractivity contribution in [3.8, 4) is 11.5 Å². The Bertz CT molecular complexity index is 557. The molecule has 0 saturated carbocycles. The molecule has 2 aromatic rings. The van der Waals surface area contributed by atoms with Crippen LogP contribution >= 0.6 is 0 Å². The van der Waals surface area contributed by atoms with E-state index < -0.39 is 6.10 Å². The molecular weight excluding hydrogens is 242 g/mol. The summed E-state index contributed by atoms with van der Waals surface area (Å²) in [7, 11) is 0. The van der Waals surface area contributed by atoms with Gasteiger partial charge in [0.15, 0.2) is 11.5 Å². The molecule has 98 valence electrons. The zero-order valence-electron chi connectivity index (χ0n) is 10.4. The van der Waals surface area contributed by atoms with E-state index in [-0.39, 0.29) is 6.79 Å². The van der Waals surface area contributed by atoms with E-state index in [4.69, 9.17) is 9.47 Å². The first-order valence-corrected chi connectivity index (χ1v) is 6.19. The van der Waals surface area contributed by atoms with Crippen molar-refractivity contribution >= 4 is 5.69 Å². The van der Waals surface area contributed by atoms with Gasteiger partial charge >= 0.3 is 0 Å². The van der Waals surface area contributed by atoms with Crippen LogP contribution in [-0.4, -0.2) is 18.4 Å². The number of aliphatic hydroxyl groups excluding tert-OH is 1. The summed E-state index contributed by atoms with van der Waals surface area (Å²) < 4.78 is 10.6. The number of fused-ring (bicyclic) bond motifs is 1. The monoisotopic (exact) mass is 257 g/mol. The molecule has 0 amide bonds. The SMILES string of the molecule is OC(CNc1ccc2c(c1)OCO2)c1ccccc1. The van der Waals surface area contributed by atoms with E-state index in [0.29, 0.717) is 6.54 Å². The molecule has 0 aromatic heterocycles. The highest BCUT2D eigenvalue weighted by Crippen LogP contribution is 2.34. The van der Waals surface area contributed by atoms with Crippen LogP contribution in [0.2, 0.25) is 0 Å². The van der Waals surface area contributed by atoms with Crippen molar-refractivity contribution in [1.29, 1.82) is 0 Å². The van der Waals surface area contributed by atoms with Crippen LogP contribution in [0, 0.1) is 0 Å². The summed E-state index contributed by atoms with van der Waals surface area (Å²) in [5, 5.41) is 13.2. The fourth-order valence-electron chi connectivity index (χ4n) is 2.01. The fraction of sp³-hybridized carbons (Fsp3) is 0.200. The normalized spacial score (nSPS) is 14.2. The molecule has 2 N–H and O–H groups in total. The zero-order valence-corrected chi connectivity index (χ0v) is 10.4. The van der Waals surface area contributed by atoms with Crippen molar-refractivity contribution in [2.45, 2.75) is 6.10 Å². The van der Waals surface area contributed by atoms with Gasteiger partial charge in [-0.3, -0.25) is 0 Å². The number of rotatable bonds is 4. The third-order valence-corrected chi connectivity index (χ3v) is 3.06. The fourth-order valence-corrected chi connectivity index (χ4v) is 2.01. The molecule has 0 aliphatic carbocycles. The number of benzene rings is 2. The smallest absolute Gasteiger partial charge is 0.231 e. The molecule has 0 fully saturated rings. The van der Waals surface area contributed by atoms with E-state index in [1.54, 1.807) is 0 Å². The number of aliphatic hydroxyl groups is 1. The Morgan fingerprint density at radius 2 is 1.84 bits per heavy atom. The maximum absolute atomic E-state index is 10.1. The summed E-state index contributed by atoms with van der Waals surface area (Å²) in [6.07, 6.45) is -0.536. The molecule has 1 aliphatic heterocycles. The largest absolute Gasteiger partial charge is 0.454 e. The molecule has 19 heavy (non-hydrogen) atoms. The van der Waals surface area contributed by atoms with Gasteiger partial charge in [-0.15, -0.1) is 0 Å². The number of ether oxygens (including phenoxy) is 2. The second kappa shape index (κ2) is 5.20.